The summed E-state index contributed by atoms with van der Waals surface area (Å²) in [6.07, 6.45) is 2.20. The van der Waals surface area contributed by atoms with Crippen molar-refractivity contribution >= 4 is 15.9 Å². The van der Waals surface area contributed by atoms with Crippen molar-refractivity contribution in [1.82, 2.24) is 0 Å². The Morgan fingerprint density at radius 2 is 2.07 bits per heavy atom. The first-order chi connectivity index (χ1) is 6.75. The smallest absolute Gasteiger partial charge is 0.133 e. The predicted molar refractivity (Wildman–Crippen MR) is 60.3 cm³/mol. The SMILES string of the molecule is NC1CC(COc2ccccc2Br)C1. The van der Waals surface area contributed by atoms with Crippen molar-refractivity contribution in [2.75, 3.05) is 6.61 Å². The summed E-state index contributed by atoms with van der Waals surface area (Å²) in [6.45, 7) is 0.788. The van der Waals surface area contributed by atoms with Gasteiger partial charge in [0.25, 0.3) is 0 Å². The van der Waals surface area contributed by atoms with E-state index in [-0.39, 0.29) is 0 Å². The van der Waals surface area contributed by atoms with Gasteiger partial charge in [0, 0.05) is 6.04 Å². The van der Waals surface area contributed by atoms with Crippen molar-refractivity contribution in [2.45, 2.75) is 18.9 Å². The Labute approximate surface area is 92.6 Å². The van der Waals surface area contributed by atoms with Crippen LogP contribution in [0.3, 0.4) is 0 Å². The zero-order valence-electron chi connectivity index (χ0n) is 7.95. The zero-order chi connectivity index (χ0) is 9.97. The molecule has 0 amide bonds. The van der Waals surface area contributed by atoms with E-state index >= 15 is 0 Å². The minimum Gasteiger partial charge on any atom is -0.492 e. The van der Waals surface area contributed by atoms with Crippen LogP contribution in [0.25, 0.3) is 0 Å². The van der Waals surface area contributed by atoms with Crippen LogP contribution in [0.4, 0.5) is 0 Å². The first kappa shape index (κ1) is 9.99. The van der Waals surface area contributed by atoms with E-state index < -0.39 is 0 Å². The molecule has 0 radical (unpaired) electrons. The van der Waals surface area contributed by atoms with Gasteiger partial charge < -0.3 is 10.5 Å². The summed E-state index contributed by atoms with van der Waals surface area (Å²) < 4.78 is 6.70. The van der Waals surface area contributed by atoms with Crippen molar-refractivity contribution in [3.8, 4) is 5.75 Å². The standard InChI is InChI=1S/C11H14BrNO/c12-10-3-1-2-4-11(10)14-7-8-5-9(13)6-8/h1-4,8-9H,5-7,13H2. The van der Waals surface area contributed by atoms with Gasteiger partial charge in [-0.25, -0.2) is 0 Å². The van der Waals surface area contributed by atoms with E-state index in [0.29, 0.717) is 12.0 Å². The third-order valence-electron chi connectivity index (χ3n) is 2.58. The van der Waals surface area contributed by atoms with Crippen molar-refractivity contribution in [3.63, 3.8) is 0 Å². The second kappa shape index (κ2) is 4.32. The molecule has 0 aliphatic heterocycles. The molecule has 1 aliphatic rings. The van der Waals surface area contributed by atoms with Gasteiger partial charge >= 0.3 is 0 Å². The van der Waals surface area contributed by atoms with Crippen molar-refractivity contribution in [1.29, 1.82) is 0 Å². The lowest BCUT2D eigenvalue weighted by Gasteiger charge is -2.32. The molecule has 0 spiro atoms. The van der Waals surface area contributed by atoms with Gasteiger partial charge in [-0.15, -0.1) is 0 Å². The molecule has 1 aromatic rings. The molecule has 0 aromatic heterocycles. The normalized spacial score (nSPS) is 25.6. The molecule has 0 bridgehead atoms. The highest BCUT2D eigenvalue weighted by atomic mass is 79.9. The van der Waals surface area contributed by atoms with Crippen LogP contribution >= 0.6 is 15.9 Å². The Balaban J connectivity index is 1.83. The van der Waals surface area contributed by atoms with Crippen molar-refractivity contribution < 1.29 is 4.74 Å². The number of nitrogens with two attached hydrogens (primary N) is 1. The fourth-order valence-electron chi connectivity index (χ4n) is 1.69. The van der Waals surface area contributed by atoms with Crippen LogP contribution in [0.5, 0.6) is 5.75 Å². The molecule has 2 rings (SSSR count). The molecular formula is C11H14BrNO. The average molecular weight is 256 g/mol. The summed E-state index contributed by atoms with van der Waals surface area (Å²) in [7, 11) is 0. The quantitative estimate of drug-likeness (QED) is 0.902. The number of ether oxygens (including phenoxy) is 1. The molecule has 14 heavy (non-hydrogen) atoms. The van der Waals surface area contributed by atoms with E-state index in [1.807, 2.05) is 24.3 Å². The summed E-state index contributed by atoms with van der Waals surface area (Å²) in [6, 6.07) is 8.33. The first-order valence-electron chi connectivity index (χ1n) is 4.88. The lowest BCUT2D eigenvalue weighted by atomic mass is 9.82. The fourth-order valence-corrected chi connectivity index (χ4v) is 2.09. The Hall–Kier alpha value is -0.540. The minimum absolute atomic E-state index is 0.405. The molecule has 76 valence electrons. The van der Waals surface area contributed by atoms with Gasteiger partial charge in [0.15, 0.2) is 0 Å². The molecule has 3 heteroatoms. The molecule has 0 saturated heterocycles. The van der Waals surface area contributed by atoms with Crippen LogP contribution in [0, 0.1) is 5.92 Å². The summed E-state index contributed by atoms with van der Waals surface area (Å²) in [4.78, 5) is 0. The van der Waals surface area contributed by atoms with Gasteiger partial charge in [-0.05, 0) is 46.8 Å². The van der Waals surface area contributed by atoms with Gasteiger partial charge in [0.05, 0.1) is 11.1 Å². The maximum absolute atomic E-state index is 5.70. The summed E-state index contributed by atoms with van der Waals surface area (Å²) in [5, 5.41) is 0. The van der Waals surface area contributed by atoms with Crippen molar-refractivity contribution in [2.24, 2.45) is 11.7 Å². The number of para-hydroxylation sites is 1. The van der Waals surface area contributed by atoms with Crippen LogP contribution in [0.1, 0.15) is 12.8 Å². The van der Waals surface area contributed by atoms with E-state index in [1.54, 1.807) is 0 Å². The van der Waals surface area contributed by atoms with Crippen LogP contribution in [-0.4, -0.2) is 12.6 Å². The average Bonchev–Trinajstić information content (AvgIpc) is 2.13. The zero-order valence-corrected chi connectivity index (χ0v) is 9.53. The molecule has 0 atom stereocenters. The Kier molecular flexibility index (Phi) is 3.08. The minimum atomic E-state index is 0.405. The fraction of sp³-hybridized carbons (Fsp3) is 0.455. The third-order valence-corrected chi connectivity index (χ3v) is 3.24. The van der Waals surface area contributed by atoms with Crippen LogP contribution in [0.15, 0.2) is 28.7 Å². The molecule has 2 nitrogen and oxygen atoms in total. The Morgan fingerprint density at radius 3 is 2.71 bits per heavy atom. The topological polar surface area (TPSA) is 35.2 Å². The summed E-state index contributed by atoms with van der Waals surface area (Å²) in [5.74, 6) is 1.57. The highest BCUT2D eigenvalue weighted by Crippen LogP contribution is 2.29. The van der Waals surface area contributed by atoms with E-state index in [1.165, 1.54) is 0 Å². The second-order valence-electron chi connectivity index (χ2n) is 3.84. The number of hydrogen-bond donors (Lipinski definition) is 1. The highest BCUT2D eigenvalue weighted by molar-refractivity contribution is 9.10. The van der Waals surface area contributed by atoms with Crippen LogP contribution in [0.2, 0.25) is 0 Å². The molecular weight excluding hydrogens is 242 g/mol. The number of halogens is 1. The van der Waals surface area contributed by atoms with Gasteiger partial charge in [-0.3, -0.25) is 0 Å². The third kappa shape index (κ3) is 2.28. The van der Waals surface area contributed by atoms with E-state index in [9.17, 15) is 0 Å². The van der Waals surface area contributed by atoms with E-state index in [0.717, 1.165) is 29.7 Å². The summed E-state index contributed by atoms with van der Waals surface area (Å²) >= 11 is 3.45. The molecule has 0 unspecified atom stereocenters. The maximum atomic E-state index is 5.70. The molecule has 1 saturated carbocycles. The second-order valence-corrected chi connectivity index (χ2v) is 4.69. The van der Waals surface area contributed by atoms with Crippen molar-refractivity contribution in [3.05, 3.63) is 28.7 Å². The molecule has 1 aliphatic carbocycles. The lowest BCUT2D eigenvalue weighted by Crippen LogP contribution is -2.39. The van der Waals surface area contributed by atoms with Gasteiger partial charge in [-0.2, -0.15) is 0 Å². The van der Waals surface area contributed by atoms with E-state index in [2.05, 4.69) is 15.9 Å². The number of benzene rings is 1. The first-order valence-corrected chi connectivity index (χ1v) is 5.68. The Morgan fingerprint density at radius 1 is 1.36 bits per heavy atom. The maximum Gasteiger partial charge on any atom is 0.133 e. The number of hydrogen-bond acceptors (Lipinski definition) is 2. The van der Waals surface area contributed by atoms with Gasteiger partial charge in [0.1, 0.15) is 5.75 Å². The lowest BCUT2D eigenvalue weighted by molar-refractivity contribution is 0.159. The molecule has 1 aromatic carbocycles. The monoisotopic (exact) mass is 255 g/mol. The molecule has 0 heterocycles. The van der Waals surface area contributed by atoms with Gasteiger partial charge in [0.2, 0.25) is 0 Å². The largest absolute Gasteiger partial charge is 0.492 e. The van der Waals surface area contributed by atoms with E-state index in [4.69, 9.17) is 10.5 Å². The predicted octanol–water partition coefficient (Wildman–Crippen LogP) is 2.57. The Bertz CT molecular complexity index is 310. The van der Waals surface area contributed by atoms with Crippen LogP contribution in [-0.2, 0) is 0 Å². The number of rotatable bonds is 3. The molecule has 2 N–H and O–H groups in total. The van der Waals surface area contributed by atoms with Gasteiger partial charge in [-0.1, -0.05) is 12.1 Å². The summed E-state index contributed by atoms with van der Waals surface area (Å²) in [5.41, 5.74) is 5.70. The molecule has 1 fully saturated rings. The highest BCUT2D eigenvalue weighted by Gasteiger charge is 2.26. The van der Waals surface area contributed by atoms with Crippen LogP contribution < -0.4 is 10.5 Å².